The van der Waals surface area contributed by atoms with Crippen LogP contribution in [0, 0.1) is 5.92 Å². The predicted octanol–water partition coefficient (Wildman–Crippen LogP) is 5.39. The molecule has 0 atom stereocenters. The van der Waals surface area contributed by atoms with Crippen molar-refractivity contribution in [2.75, 3.05) is 25.4 Å². The molecule has 7 rings (SSSR count). The summed E-state index contributed by atoms with van der Waals surface area (Å²) in [6, 6.07) is 20.9. The zero-order valence-electron chi connectivity index (χ0n) is 19.6. The predicted molar refractivity (Wildman–Crippen MR) is 140 cm³/mol. The standard InChI is InChI=1S/C29H28N6/c30-28-27-26(22-8-7-21-9-10-24(32-25(21)17-22)20-5-2-1-3-6-20)33-29(35(27)14-11-31-28)23-15-19(16-23)18-34-12-4-13-34/h1-3,5-11,14,17,19,23H,4,12-13,15-16,18H2,(H2,30,31)/t19-,23-. The van der Waals surface area contributed by atoms with Gasteiger partial charge in [-0.25, -0.2) is 15.0 Å². The fourth-order valence-electron chi connectivity index (χ4n) is 5.64. The summed E-state index contributed by atoms with van der Waals surface area (Å²) in [4.78, 5) is 17.1. The second kappa shape index (κ2) is 8.17. The Hall–Kier alpha value is -3.77. The lowest BCUT2D eigenvalue weighted by Crippen LogP contribution is -2.43. The number of nitrogens with two attached hydrogens (primary N) is 1. The number of hydrogen-bond acceptors (Lipinski definition) is 5. The van der Waals surface area contributed by atoms with Crippen molar-refractivity contribution in [2.45, 2.75) is 25.2 Å². The lowest BCUT2D eigenvalue weighted by atomic mass is 9.74. The van der Waals surface area contributed by atoms with Crippen LogP contribution in [0.1, 0.15) is 31.0 Å². The van der Waals surface area contributed by atoms with Crippen molar-refractivity contribution in [3.8, 4) is 22.5 Å². The number of nitrogen functional groups attached to an aromatic ring is 1. The molecular formula is C29H28N6. The Labute approximate surface area is 204 Å². The lowest BCUT2D eigenvalue weighted by molar-refractivity contribution is 0.107. The quantitative estimate of drug-likeness (QED) is 0.381. The monoisotopic (exact) mass is 460 g/mol. The highest BCUT2D eigenvalue weighted by molar-refractivity contribution is 5.91. The number of likely N-dealkylation sites (tertiary alicyclic amines) is 1. The van der Waals surface area contributed by atoms with E-state index >= 15 is 0 Å². The minimum absolute atomic E-state index is 0.465. The molecule has 0 spiro atoms. The Bertz CT molecular complexity index is 1530. The molecule has 1 aliphatic carbocycles. The van der Waals surface area contributed by atoms with E-state index in [1.54, 1.807) is 6.20 Å². The topological polar surface area (TPSA) is 72.3 Å². The zero-order valence-corrected chi connectivity index (χ0v) is 19.6. The first kappa shape index (κ1) is 20.6. The minimum Gasteiger partial charge on any atom is -0.382 e. The fourth-order valence-corrected chi connectivity index (χ4v) is 5.64. The van der Waals surface area contributed by atoms with Crippen LogP contribution < -0.4 is 5.73 Å². The fraction of sp³-hybridized carbons (Fsp3) is 0.276. The number of benzene rings is 2. The van der Waals surface area contributed by atoms with Crippen LogP contribution in [0.4, 0.5) is 5.82 Å². The number of rotatable bonds is 5. The Balaban J connectivity index is 1.27. The molecule has 2 aliphatic rings. The van der Waals surface area contributed by atoms with Gasteiger partial charge in [0, 0.05) is 41.4 Å². The third-order valence-electron chi connectivity index (χ3n) is 7.71. The summed E-state index contributed by atoms with van der Waals surface area (Å²) in [5, 5.41) is 1.11. The molecule has 0 bridgehead atoms. The van der Waals surface area contributed by atoms with Crippen molar-refractivity contribution in [1.29, 1.82) is 0 Å². The first-order valence-corrected chi connectivity index (χ1v) is 12.5. The Morgan fingerprint density at radius 2 is 1.74 bits per heavy atom. The molecule has 2 fully saturated rings. The summed E-state index contributed by atoms with van der Waals surface area (Å²) >= 11 is 0. The van der Waals surface area contributed by atoms with Gasteiger partial charge >= 0.3 is 0 Å². The van der Waals surface area contributed by atoms with Crippen molar-refractivity contribution in [3.05, 3.63) is 78.9 Å². The van der Waals surface area contributed by atoms with Crippen LogP contribution in [0.2, 0.25) is 0 Å². The summed E-state index contributed by atoms with van der Waals surface area (Å²) in [5.41, 5.74) is 12.2. The average Bonchev–Trinajstić information content (AvgIpc) is 3.22. The number of imidazole rings is 1. The molecule has 35 heavy (non-hydrogen) atoms. The highest BCUT2D eigenvalue weighted by Crippen LogP contribution is 2.44. The summed E-state index contributed by atoms with van der Waals surface area (Å²) < 4.78 is 2.17. The van der Waals surface area contributed by atoms with Crippen LogP contribution in [0.3, 0.4) is 0 Å². The Morgan fingerprint density at radius 3 is 2.54 bits per heavy atom. The van der Waals surface area contributed by atoms with Gasteiger partial charge in [-0.15, -0.1) is 0 Å². The summed E-state index contributed by atoms with van der Waals surface area (Å²) in [6.45, 7) is 3.76. The van der Waals surface area contributed by atoms with E-state index in [4.69, 9.17) is 15.7 Å². The highest BCUT2D eigenvalue weighted by atomic mass is 15.2. The molecule has 4 heterocycles. The molecule has 2 aromatic carbocycles. The van der Waals surface area contributed by atoms with Gasteiger partial charge in [0.2, 0.25) is 0 Å². The third-order valence-corrected chi connectivity index (χ3v) is 7.71. The summed E-state index contributed by atoms with van der Waals surface area (Å²) in [5.74, 6) is 2.86. The number of anilines is 1. The van der Waals surface area contributed by atoms with Crippen molar-refractivity contribution in [1.82, 2.24) is 24.3 Å². The van der Waals surface area contributed by atoms with E-state index in [0.717, 1.165) is 50.7 Å². The van der Waals surface area contributed by atoms with Crippen LogP contribution in [-0.4, -0.2) is 43.9 Å². The van der Waals surface area contributed by atoms with Crippen LogP contribution in [-0.2, 0) is 0 Å². The Kier molecular flexibility index (Phi) is 4.81. The van der Waals surface area contributed by atoms with E-state index in [2.05, 4.69) is 56.7 Å². The maximum atomic E-state index is 6.40. The highest BCUT2D eigenvalue weighted by Gasteiger charge is 2.36. The van der Waals surface area contributed by atoms with Crippen LogP contribution in [0.5, 0.6) is 0 Å². The average molecular weight is 461 g/mol. The van der Waals surface area contributed by atoms with E-state index in [9.17, 15) is 0 Å². The van der Waals surface area contributed by atoms with Crippen molar-refractivity contribution >= 4 is 22.2 Å². The molecule has 1 saturated carbocycles. The van der Waals surface area contributed by atoms with Crippen molar-refractivity contribution < 1.29 is 0 Å². The molecule has 174 valence electrons. The molecule has 0 amide bonds. The summed E-state index contributed by atoms with van der Waals surface area (Å²) in [6.07, 6.45) is 7.52. The van der Waals surface area contributed by atoms with Crippen molar-refractivity contribution in [2.24, 2.45) is 5.92 Å². The number of pyridine rings is 1. The van der Waals surface area contributed by atoms with Gasteiger partial charge in [0.25, 0.3) is 0 Å². The number of nitrogens with zero attached hydrogens (tertiary/aromatic N) is 5. The first-order valence-electron chi connectivity index (χ1n) is 12.5. The SMILES string of the molecule is Nc1nccn2c1c(-c1ccc3ccc(-c4ccccc4)nc3c1)nc2[C@H]1C[C@H](CN2CCC2)C1. The van der Waals surface area contributed by atoms with E-state index < -0.39 is 0 Å². The maximum Gasteiger partial charge on any atom is 0.150 e. The molecular weight excluding hydrogens is 432 g/mol. The Morgan fingerprint density at radius 1 is 0.914 bits per heavy atom. The second-order valence-corrected chi connectivity index (χ2v) is 10.0. The van der Waals surface area contributed by atoms with E-state index in [1.165, 1.54) is 38.9 Å². The zero-order chi connectivity index (χ0) is 23.4. The molecule has 6 nitrogen and oxygen atoms in total. The summed E-state index contributed by atoms with van der Waals surface area (Å²) in [7, 11) is 0. The molecule has 6 heteroatoms. The molecule has 0 radical (unpaired) electrons. The normalized spacial score (nSPS) is 20.1. The van der Waals surface area contributed by atoms with Gasteiger partial charge in [0.05, 0.1) is 11.2 Å². The second-order valence-electron chi connectivity index (χ2n) is 10.0. The van der Waals surface area contributed by atoms with E-state index in [-0.39, 0.29) is 0 Å². The molecule has 1 aliphatic heterocycles. The maximum absolute atomic E-state index is 6.40. The molecule has 1 saturated heterocycles. The van der Waals surface area contributed by atoms with Gasteiger partial charge in [-0.2, -0.15) is 0 Å². The molecule has 2 N–H and O–H groups in total. The van der Waals surface area contributed by atoms with Gasteiger partial charge in [-0.1, -0.05) is 48.5 Å². The molecule has 5 aromatic rings. The third kappa shape index (κ3) is 3.56. The van der Waals surface area contributed by atoms with Crippen molar-refractivity contribution in [3.63, 3.8) is 0 Å². The first-order chi connectivity index (χ1) is 17.2. The van der Waals surface area contributed by atoms with Crippen LogP contribution in [0.25, 0.3) is 38.9 Å². The lowest BCUT2D eigenvalue weighted by Gasteiger charge is -2.41. The molecule has 0 unspecified atom stereocenters. The smallest absolute Gasteiger partial charge is 0.150 e. The minimum atomic E-state index is 0.465. The van der Waals surface area contributed by atoms with Gasteiger partial charge in [0.15, 0.2) is 0 Å². The number of hydrogen-bond donors (Lipinski definition) is 1. The van der Waals surface area contributed by atoms with E-state index in [0.29, 0.717) is 11.7 Å². The van der Waals surface area contributed by atoms with Crippen LogP contribution in [0.15, 0.2) is 73.1 Å². The number of fused-ring (bicyclic) bond motifs is 2. The van der Waals surface area contributed by atoms with Crippen LogP contribution >= 0.6 is 0 Å². The van der Waals surface area contributed by atoms with E-state index in [1.807, 2.05) is 24.4 Å². The van der Waals surface area contributed by atoms with Gasteiger partial charge in [0.1, 0.15) is 22.9 Å². The molecule has 3 aromatic heterocycles. The number of aromatic nitrogens is 4. The van der Waals surface area contributed by atoms with Gasteiger partial charge in [-0.05, 0) is 50.4 Å². The largest absolute Gasteiger partial charge is 0.382 e. The van der Waals surface area contributed by atoms with Gasteiger partial charge < -0.3 is 10.6 Å². The van der Waals surface area contributed by atoms with Gasteiger partial charge in [-0.3, -0.25) is 4.40 Å².